The maximum atomic E-state index is 8.54. The highest BCUT2D eigenvalue weighted by Crippen LogP contribution is 2.13. The van der Waals surface area contributed by atoms with E-state index >= 15 is 0 Å². The van der Waals surface area contributed by atoms with Gasteiger partial charge in [0.15, 0.2) is 6.29 Å². The lowest BCUT2D eigenvalue weighted by molar-refractivity contribution is -0.169. The molecule has 0 aromatic heterocycles. The van der Waals surface area contributed by atoms with Crippen molar-refractivity contribution < 1.29 is 19.3 Å². The first-order valence-corrected chi connectivity index (χ1v) is 5.85. The molecule has 1 aliphatic rings. The third kappa shape index (κ3) is 6.84. The molecule has 0 spiro atoms. The Bertz CT molecular complexity index is 135. The van der Waals surface area contributed by atoms with Gasteiger partial charge in [-0.15, -0.1) is 0 Å². The molecule has 1 aliphatic heterocycles. The molecule has 0 saturated carbocycles. The van der Waals surface area contributed by atoms with Crippen molar-refractivity contribution in [3.63, 3.8) is 0 Å². The normalized spacial score (nSPS) is 21.8. The number of aliphatic hydroxyl groups is 1. The van der Waals surface area contributed by atoms with Gasteiger partial charge in [0.25, 0.3) is 0 Å². The van der Waals surface area contributed by atoms with Crippen molar-refractivity contribution in [2.75, 3.05) is 33.0 Å². The van der Waals surface area contributed by atoms with Gasteiger partial charge in [0.1, 0.15) is 0 Å². The summed E-state index contributed by atoms with van der Waals surface area (Å²) in [6.45, 7) is 2.99. The molecule has 0 amide bonds. The van der Waals surface area contributed by atoms with E-state index in [1.807, 2.05) is 0 Å². The van der Waals surface area contributed by atoms with Crippen LogP contribution < -0.4 is 0 Å². The molecule has 1 rings (SSSR count). The van der Waals surface area contributed by atoms with Gasteiger partial charge >= 0.3 is 0 Å². The SMILES string of the molecule is OCCCCOCCOC1CCCCO1. The molecule has 1 unspecified atom stereocenters. The summed E-state index contributed by atoms with van der Waals surface area (Å²) in [6, 6.07) is 0. The molecule has 1 atom stereocenters. The Morgan fingerprint density at radius 2 is 2.07 bits per heavy atom. The maximum absolute atomic E-state index is 8.54. The van der Waals surface area contributed by atoms with E-state index in [-0.39, 0.29) is 12.9 Å². The lowest BCUT2D eigenvalue weighted by atomic mass is 10.2. The van der Waals surface area contributed by atoms with Crippen LogP contribution in [0.15, 0.2) is 0 Å². The lowest BCUT2D eigenvalue weighted by Gasteiger charge is -2.22. The zero-order valence-electron chi connectivity index (χ0n) is 9.32. The third-order valence-corrected chi connectivity index (χ3v) is 2.37. The lowest BCUT2D eigenvalue weighted by Crippen LogP contribution is -2.24. The van der Waals surface area contributed by atoms with Crippen LogP contribution in [-0.2, 0) is 14.2 Å². The molecule has 0 radical (unpaired) electrons. The van der Waals surface area contributed by atoms with Crippen LogP contribution in [0.25, 0.3) is 0 Å². The van der Waals surface area contributed by atoms with Gasteiger partial charge in [0.05, 0.1) is 13.2 Å². The zero-order valence-corrected chi connectivity index (χ0v) is 9.32. The number of rotatable bonds is 8. The topological polar surface area (TPSA) is 47.9 Å². The summed E-state index contributed by atoms with van der Waals surface area (Å²) in [6.07, 6.45) is 5.06. The van der Waals surface area contributed by atoms with Crippen molar-refractivity contribution in [3.8, 4) is 0 Å². The quantitative estimate of drug-likeness (QED) is 0.624. The van der Waals surface area contributed by atoms with E-state index in [4.69, 9.17) is 19.3 Å². The molecule has 90 valence electrons. The van der Waals surface area contributed by atoms with Crippen molar-refractivity contribution in [1.29, 1.82) is 0 Å². The predicted octanol–water partition coefficient (Wildman–Crippen LogP) is 1.32. The Morgan fingerprint density at radius 1 is 1.13 bits per heavy atom. The van der Waals surface area contributed by atoms with Gasteiger partial charge in [-0.3, -0.25) is 0 Å². The first kappa shape index (κ1) is 12.9. The van der Waals surface area contributed by atoms with Crippen LogP contribution in [0.2, 0.25) is 0 Å². The molecule has 0 bridgehead atoms. The van der Waals surface area contributed by atoms with Gasteiger partial charge in [0.2, 0.25) is 0 Å². The summed E-state index contributed by atoms with van der Waals surface area (Å²) < 4.78 is 16.2. The van der Waals surface area contributed by atoms with E-state index in [1.165, 1.54) is 6.42 Å². The first-order valence-electron chi connectivity index (χ1n) is 5.85. The minimum absolute atomic E-state index is 0.0141. The van der Waals surface area contributed by atoms with Crippen molar-refractivity contribution >= 4 is 0 Å². The first-order chi connectivity index (χ1) is 7.43. The van der Waals surface area contributed by atoms with Crippen LogP contribution in [0.1, 0.15) is 32.1 Å². The molecule has 0 aromatic carbocycles. The minimum atomic E-state index is -0.0141. The van der Waals surface area contributed by atoms with Gasteiger partial charge in [-0.25, -0.2) is 0 Å². The van der Waals surface area contributed by atoms with Crippen LogP contribution in [0.5, 0.6) is 0 Å². The fourth-order valence-electron chi connectivity index (χ4n) is 1.50. The molecule has 1 heterocycles. The van der Waals surface area contributed by atoms with Crippen molar-refractivity contribution in [1.82, 2.24) is 0 Å². The Labute approximate surface area is 91.5 Å². The maximum Gasteiger partial charge on any atom is 0.157 e. The number of hydrogen-bond acceptors (Lipinski definition) is 4. The second-order valence-electron chi connectivity index (χ2n) is 3.71. The Hall–Kier alpha value is -0.160. The summed E-state index contributed by atoms with van der Waals surface area (Å²) in [4.78, 5) is 0. The van der Waals surface area contributed by atoms with Crippen LogP contribution in [0.4, 0.5) is 0 Å². The van der Waals surface area contributed by atoms with Gasteiger partial charge in [-0.05, 0) is 32.1 Å². The van der Waals surface area contributed by atoms with Gasteiger partial charge in [-0.1, -0.05) is 0 Å². The summed E-state index contributed by atoms with van der Waals surface area (Å²) in [7, 11) is 0. The van der Waals surface area contributed by atoms with E-state index in [9.17, 15) is 0 Å². The van der Waals surface area contributed by atoms with Crippen LogP contribution in [0.3, 0.4) is 0 Å². The number of aliphatic hydroxyl groups excluding tert-OH is 1. The molecule has 0 aliphatic carbocycles. The van der Waals surface area contributed by atoms with Crippen LogP contribution in [0, 0.1) is 0 Å². The zero-order chi connectivity index (χ0) is 10.8. The Balaban J connectivity index is 1.79. The summed E-state index contributed by atoms with van der Waals surface area (Å²) >= 11 is 0. The Morgan fingerprint density at radius 3 is 2.80 bits per heavy atom. The predicted molar refractivity (Wildman–Crippen MR) is 56.7 cm³/mol. The molecule has 1 fully saturated rings. The molecule has 15 heavy (non-hydrogen) atoms. The fraction of sp³-hybridized carbons (Fsp3) is 1.00. The Kier molecular flexibility index (Phi) is 7.83. The molecular formula is C11H22O4. The summed E-state index contributed by atoms with van der Waals surface area (Å²) in [5.41, 5.74) is 0. The minimum Gasteiger partial charge on any atom is -0.396 e. The van der Waals surface area contributed by atoms with Crippen molar-refractivity contribution in [2.24, 2.45) is 0 Å². The van der Waals surface area contributed by atoms with Gasteiger partial charge in [0, 0.05) is 19.8 Å². The summed E-state index contributed by atoms with van der Waals surface area (Å²) in [5, 5.41) is 8.54. The standard InChI is InChI=1S/C11H22O4/c12-6-2-4-7-13-9-10-15-11-5-1-3-8-14-11/h11-12H,1-10H2. The van der Waals surface area contributed by atoms with E-state index < -0.39 is 0 Å². The van der Waals surface area contributed by atoms with Crippen molar-refractivity contribution in [2.45, 2.75) is 38.4 Å². The van der Waals surface area contributed by atoms with E-state index in [1.54, 1.807) is 0 Å². The average Bonchev–Trinajstić information content (AvgIpc) is 2.29. The molecule has 4 nitrogen and oxygen atoms in total. The average molecular weight is 218 g/mol. The fourth-order valence-corrected chi connectivity index (χ4v) is 1.50. The number of hydrogen-bond donors (Lipinski definition) is 1. The van der Waals surface area contributed by atoms with Gasteiger partial charge in [-0.2, -0.15) is 0 Å². The summed E-state index contributed by atoms with van der Waals surface area (Å²) in [5.74, 6) is 0. The van der Waals surface area contributed by atoms with Gasteiger partial charge < -0.3 is 19.3 Å². The second-order valence-corrected chi connectivity index (χ2v) is 3.71. The molecule has 4 heteroatoms. The smallest absolute Gasteiger partial charge is 0.157 e. The van der Waals surface area contributed by atoms with E-state index in [0.29, 0.717) is 19.8 Å². The van der Waals surface area contributed by atoms with Crippen LogP contribution in [-0.4, -0.2) is 44.4 Å². The monoisotopic (exact) mass is 218 g/mol. The molecule has 0 aromatic rings. The largest absolute Gasteiger partial charge is 0.396 e. The van der Waals surface area contributed by atoms with Crippen molar-refractivity contribution in [3.05, 3.63) is 0 Å². The second kappa shape index (κ2) is 9.09. The molecular weight excluding hydrogens is 196 g/mol. The highest BCUT2D eigenvalue weighted by Gasteiger charge is 2.13. The highest BCUT2D eigenvalue weighted by atomic mass is 16.7. The number of unbranched alkanes of at least 4 members (excludes halogenated alkanes) is 1. The van der Waals surface area contributed by atoms with Crippen LogP contribution >= 0.6 is 0 Å². The highest BCUT2D eigenvalue weighted by molar-refractivity contribution is 4.53. The molecule has 1 N–H and O–H groups in total. The van der Waals surface area contributed by atoms with E-state index in [0.717, 1.165) is 32.3 Å². The van der Waals surface area contributed by atoms with E-state index in [2.05, 4.69) is 0 Å². The third-order valence-electron chi connectivity index (χ3n) is 2.37. The molecule has 1 saturated heterocycles. The number of ether oxygens (including phenoxy) is 3.